The van der Waals surface area contributed by atoms with Gasteiger partial charge in [0, 0.05) is 10.6 Å². The van der Waals surface area contributed by atoms with Crippen molar-refractivity contribution in [1.29, 1.82) is 5.26 Å². The molecule has 104 valence electrons. The molecule has 0 atom stereocenters. The van der Waals surface area contributed by atoms with Crippen molar-refractivity contribution in [3.8, 4) is 27.8 Å². The summed E-state index contributed by atoms with van der Waals surface area (Å²) < 4.78 is 5.59. The highest BCUT2D eigenvalue weighted by atomic mass is 35.5. The SMILES string of the molecule is N#Cc1c(-c2cccs2)oc(N)c1-c1ccc(Cl)cc1Cl. The van der Waals surface area contributed by atoms with Crippen LogP contribution in [0.5, 0.6) is 0 Å². The molecule has 2 aromatic heterocycles. The van der Waals surface area contributed by atoms with Gasteiger partial charge in [0.2, 0.25) is 0 Å². The number of halogens is 2. The van der Waals surface area contributed by atoms with E-state index >= 15 is 0 Å². The van der Waals surface area contributed by atoms with Gasteiger partial charge in [0.25, 0.3) is 0 Å². The molecule has 3 nitrogen and oxygen atoms in total. The lowest BCUT2D eigenvalue weighted by atomic mass is 10.0. The van der Waals surface area contributed by atoms with Crippen molar-refractivity contribution in [1.82, 2.24) is 0 Å². The van der Waals surface area contributed by atoms with Gasteiger partial charge in [-0.3, -0.25) is 0 Å². The molecule has 3 rings (SSSR count). The minimum Gasteiger partial charge on any atom is -0.438 e. The lowest BCUT2D eigenvalue weighted by Gasteiger charge is -2.03. The number of nitrogen functional groups attached to an aromatic ring is 1. The molecule has 0 fully saturated rings. The summed E-state index contributed by atoms with van der Waals surface area (Å²) in [5.41, 5.74) is 7.46. The van der Waals surface area contributed by atoms with Gasteiger partial charge in [0.1, 0.15) is 11.6 Å². The van der Waals surface area contributed by atoms with Crippen LogP contribution >= 0.6 is 34.5 Å². The van der Waals surface area contributed by atoms with Gasteiger partial charge in [-0.25, -0.2) is 0 Å². The van der Waals surface area contributed by atoms with Gasteiger partial charge in [-0.2, -0.15) is 5.26 Å². The van der Waals surface area contributed by atoms with Gasteiger partial charge in [-0.05, 0) is 23.6 Å². The van der Waals surface area contributed by atoms with Crippen LogP contribution in [0.1, 0.15) is 5.56 Å². The predicted molar refractivity (Wildman–Crippen MR) is 86.6 cm³/mol. The Morgan fingerprint density at radius 2 is 2.05 bits per heavy atom. The van der Waals surface area contributed by atoms with Gasteiger partial charge >= 0.3 is 0 Å². The minimum atomic E-state index is 0.166. The van der Waals surface area contributed by atoms with Gasteiger partial charge in [0.15, 0.2) is 11.6 Å². The van der Waals surface area contributed by atoms with E-state index in [4.69, 9.17) is 33.4 Å². The molecule has 0 aliphatic carbocycles. The number of hydrogen-bond donors (Lipinski definition) is 1. The third kappa shape index (κ3) is 2.40. The zero-order valence-corrected chi connectivity index (χ0v) is 12.9. The molecule has 2 heterocycles. The largest absolute Gasteiger partial charge is 0.438 e. The molecule has 2 N–H and O–H groups in total. The average Bonchev–Trinajstić information content (AvgIpc) is 3.06. The summed E-state index contributed by atoms with van der Waals surface area (Å²) in [6.45, 7) is 0. The number of furan rings is 1. The molecule has 6 heteroatoms. The van der Waals surface area contributed by atoms with Gasteiger partial charge in [-0.15, -0.1) is 11.3 Å². The smallest absolute Gasteiger partial charge is 0.200 e. The fourth-order valence-corrected chi connectivity index (χ4v) is 3.31. The summed E-state index contributed by atoms with van der Waals surface area (Å²) >= 11 is 13.6. The average molecular weight is 335 g/mol. The van der Waals surface area contributed by atoms with Crippen LogP contribution < -0.4 is 5.73 Å². The first-order valence-corrected chi connectivity index (χ1v) is 7.57. The summed E-state index contributed by atoms with van der Waals surface area (Å²) in [6, 6.07) is 10.9. The van der Waals surface area contributed by atoms with Crippen LogP contribution in [0, 0.1) is 11.3 Å². The zero-order valence-electron chi connectivity index (χ0n) is 10.6. The third-order valence-electron chi connectivity index (χ3n) is 2.99. The Morgan fingerprint density at radius 1 is 1.24 bits per heavy atom. The lowest BCUT2D eigenvalue weighted by molar-refractivity contribution is 0.604. The quantitative estimate of drug-likeness (QED) is 0.678. The first-order valence-electron chi connectivity index (χ1n) is 5.93. The summed E-state index contributed by atoms with van der Waals surface area (Å²) in [7, 11) is 0. The van der Waals surface area contributed by atoms with E-state index in [1.807, 2.05) is 17.5 Å². The van der Waals surface area contributed by atoms with Crippen molar-refractivity contribution in [2.45, 2.75) is 0 Å². The second-order valence-electron chi connectivity index (χ2n) is 4.26. The summed E-state index contributed by atoms with van der Waals surface area (Å²) in [6.07, 6.45) is 0. The number of thiophene rings is 1. The molecule has 21 heavy (non-hydrogen) atoms. The Bertz CT molecular complexity index is 847. The molecule has 0 radical (unpaired) electrons. The van der Waals surface area contributed by atoms with Crippen LogP contribution in [-0.2, 0) is 0 Å². The Labute approximate surface area is 135 Å². The summed E-state index contributed by atoms with van der Waals surface area (Å²) in [5.74, 6) is 0.630. The molecule has 0 aliphatic rings. The van der Waals surface area contributed by atoms with E-state index in [-0.39, 0.29) is 5.88 Å². The normalized spacial score (nSPS) is 10.5. The Kier molecular flexibility index (Phi) is 3.64. The Morgan fingerprint density at radius 3 is 2.67 bits per heavy atom. The van der Waals surface area contributed by atoms with Crippen LogP contribution in [0.3, 0.4) is 0 Å². The minimum absolute atomic E-state index is 0.166. The van der Waals surface area contributed by atoms with E-state index in [9.17, 15) is 5.26 Å². The molecule has 1 aromatic carbocycles. The van der Waals surface area contributed by atoms with E-state index in [1.165, 1.54) is 11.3 Å². The van der Waals surface area contributed by atoms with Crippen LogP contribution in [0.4, 0.5) is 5.88 Å². The molecule has 0 bridgehead atoms. The number of rotatable bonds is 2. The topological polar surface area (TPSA) is 63.0 Å². The number of benzene rings is 1. The highest BCUT2D eigenvalue weighted by Gasteiger charge is 2.23. The monoisotopic (exact) mass is 334 g/mol. The van der Waals surface area contributed by atoms with Crippen molar-refractivity contribution < 1.29 is 4.42 Å². The first-order chi connectivity index (χ1) is 10.1. The number of hydrogen-bond acceptors (Lipinski definition) is 4. The maximum atomic E-state index is 9.49. The maximum absolute atomic E-state index is 9.49. The molecular weight excluding hydrogens is 327 g/mol. The molecular formula is C15H8Cl2N2OS. The predicted octanol–water partition coefficient (Wildman–Crippen LogP) is 5.44. The van der Waals surface area contributed by atoms with Crippen molar-refractivity contribution >= 4 is 40.4 Å². The van der Waals surface area contributed by atoms with Crippen LogP contribution in [0.15, 0.2) is 40.1 Å². The number of nitriles is 1. The van der Waals surface area contributed by atoms with E-state index in [0.29, 0.717) is 32.5 Å². The van der Waals surface area contributed by atoms with Crippen molar-refractivity contribution in [2.24, 2.45) is 0 Å². The van der Waals surface area contributed by atoms with Crippen LogP contribution in [-0.4, -0.2) is 0 Å². The molecule has 0 saturated heterocycles. The highest BCUT2D eigenvalue weighted by Crippen LogP contribution is 2.43. The molecule has 0 saturated carbocycles. The number of nitrogens with zero attached hydrogens (tertiary/aromatic N) is 1. The van der Waals surface area contributed by atoms with Gasteiger partial charge < -0.3 is 10.2 Å². The fourth-order valence-electron chi connectivity index (χ4n) is 2.10. The van der Waals surface area contributed by atoms with Crippen molar-refractivity contribution in [3.05, 3.63) is 51.3 Å². The first kappa shape index (κ1) is 14.0. The second kappa shape index (κ2) is 5.45. The fraction of sp³-hybridized carbons (Fsp3) is 0. The van der Waals surface area contributed by atoms with Crippen molar-refractivity contribution in [2.75, 3.05) is 5.73 Å². The van der Waals surface area contributed by atoms with E-state index < -0.39 is 0 Å². The second-order valence-corrected chi connectivity index (χ2v) is 6.05. The van der Waals surface area contributed by atoms with Crippen LogP contribution in [0.2, 0.25) is 10.0 Å². The van der Waals surface area contributed by atoms with E-state index in [2.05, 4.69) is 6.07 Å². The third-order valence-corrected chi connectivity index (χ3v) is 4.41. The summed E-state index contributed by atoms with van der Waals surface area (Å²) in [5, 5.41) is 12.3. The number of anilines is 1. The summed E-state index contributed by atoms with van der Waals surface area (Å²) in [4.78, 5) is 0.842. The van der Waals surface area contributed by atoms with E-state index in [1.54, 1.807) is 18.2 Å². The lowest BCUT2D eigenvalue weighted by Crippen LogP contribution is -1.88. The zero-order chi connectivity index (χ0) is 15.0. The highest BCUT2D eigenvalue weighted by molar-refractivity contribution is 7.13. The molecule has 0 spiro atoms. The maximum Gasteiger partial charge on any atom is 0.200 e. The standard InChI is InChI=1S/C15H8Cl2N2OS/c16-8-3-4-9(11(17)6-8)13-10(7-18)14(20-15(13)19)12-2-1-5-21-12/h1-6H,19H2. The molecule has 0 unspecified atom stereocenters. The Hall–Kier alpha value is -1.93. The van der Waals surface area contributed by atoms with Crippen LogP contribution in [0.25, 0.3) is 21.8 Å². The Balaban J connectivity index is 2.27. The molecule has 0 aliphatic heterocycles. The number of nitrogens with two attached hydrogens (primary N) is 1. The van der Waals surface area contributed by atoms with Gasteiger partial charge in [0.05, 0.1) is 15.5 Å². The molecule has 0 amide bonds. The van der Waals surface area contributed by atoms with E-state index in [0.717, 1.165) is 4.88 Å². The van der Waals surface area contributed by atoms with Crippen molar-refractivity contribution in [3.63, 3.8) is 0 Å². The van der Waals surface area contributed by atoms with Gasteiger partial charge in [-0.1, -0.05) is 35.3 Å². The molecule has 3 aromatic rings.